The van der Waals surface area contributed by atoms with Crippen LogP contribution < -0.4 is 5.32 Å². The minimum absolute atomic E-state index is 0.103. The van der Waals surface area contributed by atoms with Gasteiger partial charge in [0.05, 0.1) is 13.2 Å². The molecule has 0 fully saturated rings. The lowest BCUT2D eigenvalue weighted by molar-refractivity contribution is -0.138. The van der Waals surface area contributed by atoms with Crippen molar-refractivity contribution in [2.24, 2.45) is 0 Å². The first-order valence-corrected chi connectivity index (χ1v) is 6.89. The van der Waals surface area contributed by atoms with Gasteiger partial charge < -0.3 is 19.5 Å². The first-order valence-electron chi connectivity index (χ1n) is 6.89. The van der Waals surface area contributed by atoms with Crippen molar-refractivity contribution in [2.45, 2.75) is 33.1 Å². The molecule has 0 heterocycles. The van der Waals surface area contributed by atoms with E-state index in [1.165, 1.54) is 0 Å². The van der Waals surface area contributed by atoms with Crippen molar-refractivity contribution in [1.82, 2.24) is 5.32 Å². The van der Waals surface area contributed by atoms with Crippen LogP contribution in [-0.4, -0.2) is 45.0 Å². The zero-order chi connectivity index (χ0) is 15.2. The van der Waals surface area contributed by atoms with Gasteiger partial charge in [-0.15, -0.1) is 0 Å². The molecule has 0 aliphatic rings. The van der Waals surface area contributed by atoms with E-state index in [1.54, 1.807) is 6.92 Å². The molecular formula is C14H25NO5. The Kier molecular flexibility index (Phi) is 11.5. The van der Waals surface area contributed by atoms with Gasteiger partial charge in [-0.3, -0.25) is 0 Å². The average Bonchev–Trinajstić information content (AvgIpc) is 2.42. The molecule has 1 N–H and O–H groups in total. The summed E-state index contributed by atoms with van der Waals surface area (Å²) in [4.78, 5) is 22.3. The van der Waals surface area contributed by atoms with E-state index in [2.05, 4.69) is 18.8 Å². The first-order chi connectivity index (χ1) is 9.57. The highest BCUT2D eigenvalue weighted by molar-refractivity contribution is 5.86. The number of nitrogens with one attached hydrogen (secondary N) is 1. The SMILES string of the molecule is C=C(C)C(=O)OCCNC(=O)OCCCCOCCC. The maximum absolute atomic E-state index is 11.2. The molecule has 0 aromatic heterocycles. The fourth-order valence-corrected chi connectivity index (χ4v) is 1.19. The van der Waals surface area contributed by atoms with Gasteiger partial charge in [-0.25, -0.2) is 9.59 Å². The summed E-state index contributed by atoms with van der Waals surface area (Å²) in [7, 11) is 0. The summed E-state index contributed by atoms with van der Waals surface area (Å²) in [5.74, 6) is -0.466. The number of carbonyl (C=O) groups excluding carboxylic acids is 2. The molecule has 0 aromatic rings. The third kappa shape index (κ3) is 11.5. The fourth-order valence-electron chi connectivity index (χ4n) is 1.19. The van der Waals surface area contributed by atoms with Gasteiger partial charge in [0.15, 0.2) is 0 Å². The Labute approximate surface area is 120 Å². The molecule has 0 aliphatic carbocycles. The van der Waals surface area contributed by atoms with E-state index >= 15 is 0 Å². The highest BCUT2D eigenvalue weighted by atomic mass is 16.6. The zero-order valence-corrected chi connectivity index (χ0v) is 12.4. The molecule has 0 rings (SSSR count). The van der Waals surface area contributed by atoms with Crippen LogP contribution in [0.2, 0.25) is 0 Å². The number of carbonyl (C=O) groups is 2. The second-order valence-corrected chi connectivity index (χ2v) is 4.30. The number of alkyl carbamates (subject to hydrolysis) is 1. The van der Waals surface area contributed by atoms with Gasteiger partial charge in [0.1, 0.15) is 6.61 Å². The lowest BCUT2D eigenvalue weighted by Gasteiger charge is -2.08. The third-order valence-corrected chi connectivity index (χ3v) is 2.22. The highest BCUT2D eigenvalue weighted by Gasteiger charge is 2.04. The van der Waals surface area contributed by atoms with Crippen LogP contribution in [0.3, 0.4) is 0 Å². The Morgan fingerprint density at radius 2 is 1.75 bits per heavy atom. The van der Waals surface area contributed by atoms with Crippen molar-refractivity contribution in [3.05, 3.63) is 12.2 Å². The van der Waals surface area contributed by atoms with Crippen LogP contribution in [0.4, 0.5) is 4.79 Å². The largest absolute Gasteiger partial charge is 0.460 e. The van der Waals surface area contributed by atoms with E-state index in [-0.39, 0.29) is 13.2 Å². The molecule has 0 spiro atoms. The molecule has 0 unspecified atom stereocenters. The molecule has 0 saturated heterocycles. The van der Waals surface area contributed by atoms with E-state index in [0.29, 0.717) is 18.8 Å². The number of rotatable bonds is 11. The van der Waals surface area contributed by atoms with Gasteiger partial charge in [-0.05, 0) is 26.2 Å². The summed E-state index contributed by atoms with van der Waals surface area (Å²) in [6.07, 6.45) is 2.13. The molecule has 0 aliphatic heterocycles. The molecule has 6 heteroatoms. The standard InChI is InChI=1S/C14H25NO5/c1-4-8-18-9-5-6-10-20-14(17)15-7-11-19-13(16)12(2)3/h2,4-11H2,1,3H3,(H,15,17). The van der Waals surface area contributed by atoms with E-state index in [9.17, 15) is 9.59 Å². The summed E-state index contributed by atoms with van der Waals surface area (Å²) in [5.41, 5.74) is 0.331. The normalized spacial score (nSPS) is 9.90. The second-order valence-electron chi connectivity index (χ2n) is 4.30. The number of ether oxygens (including phenoxy) is 3. The van der Waals surface area contributed by atoms with E-state index in [1.807, 2.05) is 0 Å². The molecular weight excluding hydrogens is 262 g/mol. The van der Waals surface area contributed by atoms with Crippen molar-refractivity contribution in [1.29, 1.82) is 0 Å². The Morgan fingerprint density at radius 1 is 1.05 bits per heavy atom. The predicted octanol–water partition coefficient (Wildman–Crippen LogP) is 2.04. The summed E-state index contributed by atoms with van der Waals surface area (Å²) >= 11 is 0. The lowest BCUT2D eigenvalue weighted by Crippen LogP contribution is -2.29. The minimum Gasteiger partial charge on any atom is -0.460 e. The molecule has 116 valence electrons. The van der Waals surface area contributed by atoms with Gasteiger partial charge in [0, 0.05) is 18.8 Å². The van der Waals surface area contributed by atoms with Crippen LogP contribution in [0.5, 0.6) is 0 Å². The number of amides is 1. The molecule has 0 saturated carbocycles. The van der Waals surface area contributed by atoms with Crippen LogP contribution >= 0.6 is 0 Å². The topological polar surface area (TPSA) is 73.9 Å². The van der Waals surface area contributed by atoms with Crippen molar-refractivity contribution in [3.63, 3.8) is 0 Å². The second kappa shape index (κ2) is 12.5. The molecule has 1 amide bonds. The quantitative estimate of drug-likeness (QED) is 0.357. The van der Waals surface area contributed by atoms with Crippen LogP contribution in [0.25, 0.3) is 0 Å². The number of hydrogen-bond donors (Lipinski definition) is 1. The lowest BCUT2D eigenvalue weighted by atomic mass is 10.3. The van der Waals surface area contributed by atoms with Crippen LogP contribution in [0.15, 0.2) is 12.2 Å². The van der Waals surface area contributed by atoms with Gasteiger partial charge in [-0.1, -0.05) is 13.5 Å². The van der Waals surface area contributed by atoms with Gasteiger partial charge >= 0.3 is 12.1 Å². The monoisotopic (exact) mass is 287 g/mol. The van der Waals surface area contributed by atoms with E-state index < -0.39 is 12.1 Å². The maximum atomic E-state index is 11.2. The highest BCUT2D eigenvalue weighted by Crippen LogP contribution is 1.93. The maximum Gasteiger partial charge on any atom is 0.407 e. The smallest absolute Gasteiger partial charge is 0.407 e. The van der Waals surface area contributed by atoms with Crippen molar-refractivity contribution in [2.75, 3.05) is 33.0 Å². The minimum atomic E-state index is -0.508. The summed E-state index contributed by atoms with van der Waals surface area (Å²) in [6, 6.07) is 0. The molecule has 20 heavy (non-hydrogen) atoms. The third-order valence-electron chi connectivity index (χ3n) is 2.22. The molecule has 0 aromatic carbocycles. The summed E-state index contributed by atoms with van der Waals surface area (Å²) in [5, 5.41) is 2.49. The van der Waals surface area contributed by atoms with Gasteiger partial charge in [0.2, 0.25) is 0 Å². The van der Waals surface area contributed by atoms with E-state index in [0.717, 1.165) is 25.9 Å². The average molecular weight is 287 g/mol. The Balaban J connectivity index is 3.33. The number of hydrogen-bond acceptors (Lipinski definition) is 5. The van der Waals surface area contributed by atoms with Crippen molar-refractivity contribution in [3.8, 4) is 0 Å². The molecule has 0 radical (unpaired) electrons. The molecule has 0 bridgehead atoms. The van der Waals surface area contributed by atoms with Gasteiger partial charge in [-0.2, -0.15) is 0 Å². The predicted molar refractivity (Wildman–Crippen MR) is 75.5 cm³/mol. The Hall–Kier alpha value is -1.56. The number of esters is 1. The Morgan fingerprint density at radius 3 is 2.40 bits per heavy atom. The van der Waals surface area contributed by atoms with E-state index in [4.69, 9.17) is 14.2 Å². The van der Waals surface area contributed by atoms with Crippen molar-refractivity contribution < 1.29 is 23.8 Å². The summed E-state index contributed by atoms with van der Waals surface area (Å²) in [6.45, 7) is 9.20. The van der Waals surface area contributed by atoms with Crippen LogP contribution in [0, 0.1) is 0 Å². The zero-order valence-electron chi connectivity index (χ0n) is 12.4. The van der Waals surface area contributed by atoms with Gasteiger partial charge in [0.25, 0.3) is 0 Å². The van der Waals surface area contributed by atoms with Crippen LogP contribution in [-0.2, 0) is 19.0 Å². The first kappa shape index (κ1) is 18.4. The Bertz CT molecular complexity index is 304. The molecule has 0 atom stereocenters. The number of unbranched alkanes of at least 4 members (excludes halogenated alkanes) is 1. The van der Waals surface area contributed by atoms with Crippen molar-refractivity contribution >= 4 is 12.1 Å². The fraction of sp³-hybridized carbons (Fsp3) is 0.714. The van der Waals surface area contributed by atoms with Crippen LogP contribution in [0.1, 0.15) is 33.1 Å². The molecule has 6 nitrogen and oxygen atoms in total. The summed E-state index contributed by atoms with van der Waals surface area (Å²) < 4.78 is 15.0.